The second-order valence-corrected chi connectivity index (χ2v) is 5.87. The van der Waals surface area contributed by atoms with Gasteiger partial charge in [0.2, 0.25) is 5.91 Å². The number of carbonyl (C=O) groups is 1. The van der Waals surface area contributed by atoms with E-state index >= 15 is 0 Å². The topological polar surface area (TPSA) is 95.7 Å². The fraction of sp³-hybridized carbons (Fsp3) is 0.533. The van der Waals surface area contributed by atoms with Gasteiger partial charge in [-0.05, 0) is 37.4 Å². The number of anilines is 1. The number of aryl methyl sites for hydroxylation is 1. The molecule has 2 unspecified atom stereocenters. The van der Waals surface area contributed by atoms with Gasteiger partial charge in [-0.15, -0.1) is 0 Å². The average Bonchev–Trinajstić information content (AvgIpc) is 2.45. The van der Waals surface area contributed by atoms with Crippen molar-refractivity contribution in [1.82, 2.24) is 4.90 Å². The minimum Gasteiger partial charge on any atom is -0.392 e. The van der Waals surface area contributed by atoms with E-state index in [2.05, 4.69) is 5.32 Å². The summed E-state index contributed by atoms with van der Waals surface area (Å²) >= 11 is 0. The summed E-state index contributed by atoms with van der Waals surface area (Å²) in [6.45, 7) is 5.20. The first kappa shape index (κ1) is 16.4. The number of hydrogen-bond acceptors (Lipinski definition) is 5. The number of rotatable bonds is 4. The summed E-state index contributed by atoms with van der Waals surface area (Å²) < 4.78 is 0. The van der Waals surface area contributed by atoms with Gasteiger partial charge in [0.25, 0.3) is 5.69 Å². The Hall–Kier alpha value is -1.99. The molecule has 0 aromatic heterocycles. The van der Waals surface area contributed by atoms with E-state index in [-0.39, 0.29) is 24.1 Å². The Morgan fingerprint density at radius 2 is 2.27 bits per heavy atom. The summed E-state index contributed by atoms with van der Waals surface area (Å²) in [6.07, 6.45) is 0.466. The van der Waals surface area contributed by atoms with E-state index in [1.807, 2.05) is 11.8 Å². The molecule has 1 aromatic carbocycles. The minimum atomic E-state index is -0.463. The molecular weight excluding hydrogens is 286 g/mol. The number of piperidine rings is 1. The number of aliphatic hydroxyl groups is 1. The van der Waals surface area contributed by atoms with Gasteiger partial charge in [-0.3, -0.25) is 19.8 Å². The first-order valence-electron chi connectivity index (χ1n) is 7.32. The highest BCUT2D eigenvalue weighted by atomic mass is 16.6. The lowest BCUT2D eigenvalue weighted by molar-refractivity contribution is -0.384. The number of likely N-dealkylation sites (tertiary alicyclic amines) is 1. The van der Waals surface area contributed by atoms with Crippen LogP contribution in [0.5, 0.6) is 0 Å². The third-order valence-electron chi connectivity index (χ3n) is 4.06. The second-order valence-electron chi connectivity index (χ2n) is 5.87. The molecule has 1 fully saturated rings. The Morgan fingerprint density at radius 3 is 2.86 bits per heavy atom. The van der Waals surface area contributed by atoms with Crippen LogP contribution in [-0.2, 0) is 4.79 Å². The Labute approximate surface area is 129 Å². The van der Waals surface area contributed by atoms with Crippen LogP contribution in [0.15, 0.2) is 18.2 Å². The van der Waals surface area contributed by atoms with Crippen molar-refractivity contribution in [3.05, 3.63) is 33.9 Å². The van der Waals surface area contributed by atoms with Crippen molar-refractivity contribution < 1.29 is 14.8 Å². The molecule has 1 aliphatic rings. The molecule has 1 aromatic rings. The predicted molar refractivity (Wildman–Crippen MR) is 82.7 cm³/mol. The quantitative estimate of drug-likeness (QED) is 0.650. The van der Waals surface area contributed by atoms with E-state index in [4.69, 9.17) is 0 Å². The van der Waals surface area contributed by atoms with Crippen molar-refractivity contribution >= 4 is 17.3 Å². The average molecular weight is 307 g/mol. The van der Waals surface area contributed by atoms with Crippen LogP contribution in [0.25, 0.3) is 0 Å². The molecule has 0 bridgehead atoms. The molecule has 120 valence electrons. The van der Waals surface area contributed by atoms with Crippen molar-refractivity contribution in [3.8, 4) is 0 Å². The van der Waals surface area contributed by atoms with Gasteiger partial charge in [-0.2, -0.15) is 0 Å². The number of β-amino-alcohol motifs (C(OH)–C–C–N with tert-alkyl or cyclic N) is 1. The zero-order valence-electron chi connectivity index (χ0n) is 12.8. The number of nitro benzene ring substituents is 1. The molecule has 22 heavy (non-hydrogen) atoms. The molecule has 1 amide bonds. The highest BCUT2D eigenvalue weighted by Gasteiger charge is 2.25. The molecule has 7 heteroatoms. The van der Waals surface area contributed by atoms with Gasteiger partial charge < -0.3 is 10.4 Å². The largest absolute Gasteiger partial charge is 0.392 e. The maximum absolute atomic E-state index is 12.1. The molecule has 1 saturated heterocycles. The first-order chi connectivity index (χ1) is 10.4. The van der Waals surface area contributed by atoms with Crippen LogP contribution in [-0.4, -0.2) is 46.6 Å². The maximum Gasteiger partial charge on any atom is 0.269 e. The Bertz CT molecular complexity index is 576. The lowest BCUT2D eigenvalue weighted by atomic mass is 9.96. The summed E-state index contributed by atoms with van der Waals surface area (Å²) in [7, 11) is 0. The van der Waals surface area contributed by atoms with Crippen molar-refractivity contribution in [2.24, 2.45) is 5.92 Å². The third-order valence-corrected chi connectivity index (χ3v) is 4.06. The number of aliphatic hydroxyl groups excluding tert-OH is 1. The number of amides is 1. The van der Waals surface area contributed by atoms with Crippen LogP contribution >= 0.6 is 0 Å². The predicted octanol–water partition coefficient (Wildman–Crippen LogP) is 1.54. The lowest BCUT2D eigenvalue weighted by Gasteiger charge is -2.33. The number of benzene rings is 1. The van der Waals surface area contributed by atoms with E-state index in [1.165, 1.54) is 12.1 Å². The molecule has 1 heterocycles. The molecule has 0 radical (unpaired) electrons. The molecule has 1 aliphatic heterocycles. The monoisotopic (exact) mass is 307 g/mol. The zero-order valence-corrected chi connectivity index (χ0v) is 12.8. The lowest BCUT2D eigenvalue weighted by Crippen LogP contribution is -2.45. The summed E-state index contributed by atoms with van der Waals surface area (Å²) in [5.41, 5.74) is 1.22. The molecular formula is C15H21N3O4. The van der Waals surface area contributed by atoms with E-state index in [1.54, 1.807) is 13.0 Å². The molecule has 0 spiro atoms. The molecule has 7 nitrogen and oxygen atoms in total. The maximum atomic E-state index is 12.1. The minimum absolute atomic E-state index is 0.00337. The van der Waals surface area contributed by atoms with Gasteiger partial charge >= 0.3 is 0 Å². The van der Waals surface area contributed by atoms with Gasteiger partial charge in [-0.25, -0.2) is 0 Å². The fourth-order valence-electron chi connectivity index (χ4n) is 2.55. The fourth-order valence-corrected chi connectivity index (χ4v) is 2.55. The zero-order chi connectivity index (χ0) is 16.3. The second kappa shape index (κ2) is 6.85. The summed E-state index contributed by atoms with van der Waals surface area (Å²) in [5, 5.41) is 23.3. The first-order valence-corrected chi connectivity index (χ1v) is 7.32. The molecule has 2 N–H and O–H groups in total. The van der Waals surface area contributed by atoms with Crippen LogP contribution in [0.1, 0.15) is 18.9 Å². The van der Waals surface area contributed by atoms with Crippen LogP contribution < -0.4 is 5.32 Å². The normalized spacial score (nSPS) is 22.3. The van der Waals surface area contributed by atoms with E-state index in [9.17, 15) is 20.0 Å². The SMILES string of the molecule is Cc1cc([N+](=O)[O-])ccc1NC(=O)CN1CCC(C)C(O)C1. The van der Waals surface area contributed by atoms with Crippen molar-refractivity contribution in [2.45, 2.75) is 26.4 Å². The van der Waals surface area contributed by atoms with E-state index in [0.29, 0.717) is 17.8 Å². The number of non-ortho nitro benzene ring substituents is 1. The Morgan fingerprint density at radius 1 is 1.55 bits per heavy atom. The van der Waals surface area contributed by atoms with Gasteiger partial charge in [0.1, 0.15) is 0 Å². The van der Waals surface area contributed by atoms with Crippen molar-refractivity contribution in [2.75, 3.05) is 25.0 Å². The Kier molecular flexibility index (Phi) is 5.10. The smallest absolute Gasteiger partial charge is 0.269 e. The Balaban J connectivity index is 1.93. The highest BCUT2D eigenvalue weighted by Crippen LogP contribution is 2.21. The van der Waals surface area contributed by atoms with Gasteiger partial charge in [0, 0.05) is 24.4 Å². The molecule has 0 aliphatic carbocycles. The number of carbonyl (C=O) groups excluding carboxylic acids is 1. The third kappa shape index (κ3) is 4.02. The summed E-state index contributed by atoms with van der Waals surface area (Å²) in [6, 6.07) is 4.34. The summed E-state index contributed by atoms with van der Waals surface area (Å²) in [4.78, 5) is 24.2. The van der Waals surface area contributed by atoms with E-state index < -0.39 is 11.0 Å². The van der Waals surface area contributed by atoms with Gasteiger partial charge in [-0.1, -0.05) is 6.92 Å². The van der Waals surface area contributed by atoms with Crippen LogP contribution in [0, 0.1) is 23.0 Å². The van der Waals surface area contributed by atoms with Crippen molar-refractivity contribution in [3.63, 3.8) is 0 Å². The molecule has 0 saturated carbocycles. The van der Waals surface area contributed by atoms with Crippen LogP contribution in [0.4, 0.5) is 11.4 Å². The number of nitro groups is 1. The van der Waals surface area contributed by atoms with Gasteiger partial charge in [0.15, 0.2) is 0 Å². The van der Waals surface area contributed by atoms with Crippen LogP contribution in [0.2, 0.25) is 0 Å². The number of nitrogens with one attached hydrogen (secondary N) is 1. The molecule has 2 atom stereocenters. The number of nitrogens with zero attached hydrogens (tertiary/aromatic N) is 2. The molecule has 2 rings (SSSR count). The standard InChI is InChI=1S/C15H21N3O4/c1-10-5-6-17(8-14(10)19)9-15(20)16-13-4-3-12(18(21)22)7-11(13)2/h3-4,7,10,14,19H,5-6,8-9H2,1-2H3,(H,16,20). The number of hydrogen-bond donors (Lipinski definition) is 2. The van der Waals surface area contributed by atoms with Gasteiger partial charge in [0.05, 0.1) is 17.6 Å². The van der Waals surface area contributed by atoms with E-state index in [0.717, 1.165) is 13.0 Å². The highest BCUT2D eigenvalue weighted by molar-refractivity contribution is 5.93. The van der Waals surface area contributed by atoms with Crippen molar-refractivity contribution in [1.29, 1.82) is 0 Å². The van der Waals surface area contributed by atoms with Crippen LogP contribution in [0.3, 0.4) is 0 Å². The summed E-state index contributed by atoms with van der Waals surface area (Å²) in [5.74, 6) is 0.0786.